The molecule has 35 heavy (non-hydrogen) atoms. The molecule has 2 unspecified atom stereocenters. The first-order valence-electron chi connectivity index (χ1n) is 10.5. The predicted molar refractivity (Wildman–Crippen MR) is 124 cm³/mol. The third-order valence-corrected chi connectivity index (χ3v) is 5.67. The van der Waals surface area contributed by atoms with Crippen molar-refractivity contribution in [1.29, 1.82) is 0 Å². The molecule has 2 atom stereocenters. The smallest absolute Gasteiger partial charge is 0.407 e. The molecule has 0 aromatic heterocycles. The van der Waals surface area contributed by atoms with Gasteiger partial charge in [0.2, 0.25) is 5.91 Å². The van der Waals surface area contributed by atoms with Crippen molar-refractivity contribution >= 4 is 23.5 Å². The van der Waals surface area contributed by atoms with Crippen molar-refractivity contribution in [2.45, 2.75) is 25.4 Å². The summed E-state index contributed by atoms with van der Waals surface area (Å²) in [4.78, 5) is 49.6. The Bertz CT molecular complexity index is 1280. The maximum Gasteiger partial charge on any atom is 0.407 e. The van der Waals surface area contributed by atoms with Gasteiger partial charge < -0.3 is 15.7 Å². The molecule has 0 saturated carbocycles. The molecule has 0 heterocycles. The lowest BCUT2D eigenvalue weighted by atomic mass is 9.84. The van der Waals surface area contributed by atoms with Gasteiger partial charge in [0.15, 0.2) is 5.78 Å². The van der Waals surface area contributed by atoms with E-state index in [1.54, 1.807) is 30.3 Å². The van der Waals surface area contributed by atoms with E-state index in [0.717, 1.165) is 23.1 Å². The van der Waals surface area contributed by atoms with Crippen molar-refractivity contribution in [1.82, 2.24) is 4.90 Å². The molecule has 2 amide bonds. The Balaban J connectivity index is 2.14. The van der Waals surface area contributed by atoms with Crippen LogP contribution in [0.3, 0.4) is 0 Å². The van der Waals surface area contributed by atoms with E-state index in [-0.39, 0.29) is 23.2 Å². The number of primary amides is 1. The van der Waals surface area contributed by atoms with Crippen molar-refractivity contribution in [3.8, 4) is 0 Å². The summed E-state index contributed by atoms with van der Waals surface area (Å²) in [6, 6.07) is 15.8. The Kier molecular flexibility index (Phi) is 7.55. The number of halogens is 1. The fourth-order valence-corrected chi connectivity index (χ4v) is 3.91. The molecule has 0 fully saturated rings. The van der Waals surface area contributed by atoms with Gasteiger partial charge in [0.1, 0.15) is 5.82 Å². The monoisotopic (exact) mass is 479 g/mol. The van der Waals surface area contributed by atoms with Crippen molar-refractivity contribution in [3.05, 3.63) is 111 Å². The highest BCUT2D eigenvalue weighted by molar-refractivity contribution is 6.11. The second-order valence-electron chi connectivity index (χ2n) is 7.85. The molecule has 3 aromatic rings. The van der Waals surface area contributed by atoms with E-state index in [2.05, 4.69) is 0 Å². The number of amides is 2. The predicted octanol–water partition coefficient (Wildman–Crippen LogP) is 4.10. The van der Waals surface area contributed by atoms with Crippen LogP contribution in [-0.2, 0) is 11.3 Å². The Hall–Kier alpha value is -4.60. The number of nitrogens with two attached hydrogens (primary N) is 1. The van der Waals surface area contributed by atoms with Gasteiger partial charge in [-0.1, -0.05) is 48.5 Å². The molecule has 0 aliphatic rings. The quantitative estimate of drug-likeness (QED) is 0.269. The van der Waals surface area contributed by atoms with Gasteiger partial charge in [-0.3, -0.25) is 19.7 Å². The number of benzene rings is 3. The fraction of sp³-hybridized carbons (Fsp3) is 0.160. The van der Waals surface area contributed by atoms with Crippen LogP contribution in [0.1, 0.15) is 39.9 Å². The van der Waals surface area contributed by atoms with Gasteiger partial charge >= 0.3 is 6.09 Å². The number of nitro benzene ring substituents is 1. The van der Waals surface area contributed by atoms with Crippen LogP contribution in [-0.4, -0.2) is 38.8 Å². The van der Waals surface area contributed by atoms with Gasteiger partial charge in [-0.15, -0.1) is 0 Å². The van der Waals surface area contributed by atoms with Crippen molar-refractivity contribution in [3.63, 3.8) is 0 Å². The number of rotatable bonds is 9. The first-order valence-corrected chi connectivity index (χ1v) is 10.5. The summed E-state index contributed by atoms with van der Waals surface area (Å²) in [5.74, 6) is -4.06. The third-order valence-electron chi connectivity index (χ3n) is 5.67. The molecule has 0 spiro atoms. The average molecular weight is 479 g/mol. The summed E-state index contributed by atoms with van der Waals surface area (Å²) in [5, 5.41) is 21.2. The lowest BCUT2D eigenvalue weighted by Gasteiger charge is -2.32. The maximum atomic E-state index is 14.4. The number of carbonyl (C=O) groups is 3. The fourth-order valence-electron chi connectivity index (χ4n) is 3.91. The first kappa shape index (κ1) is 25.0. The van der Waals surface area contributed by atoms with E-state index in [1.807, 2.05) is 0 Å². The number of hydrogen-bond donors (Lipinski definition) is 2. The largest absolute Gasteiger partial charge is 0.465 e. The molecule has 0 radical (unpaired) electrons. The van der Waals surface area contributed by atoms with Crippen LogP contribution in [0.25, 0.3) is 0 Å². The maximum absolute atomic E-state index is 14.4. The molecule has 180 valence electrons. The molecule has 0 aliphatic carbocycles. The van der Waals surface area contributed by atoms with Crippen LogP contribution in [0.4, 0.5) is 14.9 Å². The minimum Gasteiger partial charge on any atom is -0.465 e. The van der Waals surface area contributed by atoms with Crippen LogP contribution in [0.5, 0.6) is 0 Å². The normalized spacial score (nSPS) is 12.4. The van der Waals surface area contributed by atoms with Crippen LogP contribution in [0, 0.1) is 15.9 Å². The third kappa shape index (κ3) is 5.49. The van der Waals surface area contributed by atoms with Crippen LogP contribution in [0.2, 0.25) is 0 Å². The Morgan fingerprint density at radius 2 is 1.66 bits per heavy atom. The summed E-state index contributed by atoms with van der Waals surface area (Å²) in [6.07, 6.45) is -1.34. The Morgan fingerprint density at radius 1 is 1.03 bits per heavy atom. The summed E-state index contributed by atoms with van der Waals surface area (Å²) in [5.41, 5.74) is 5.14. The topological polar surface area (TPSA) is 144 Å². The van der Waals surface area contributed by atoms with E-state index >= 15 is 0 Å². The van der Waals surface area contributed by atoms with E-state index in [9.17, 15) is 34.0 Å². The van der Waals surface area contributed by atoms with E-state index in [1.165, 1.54) is 31.2 Å². The van der Waals surface area contributed by atoms with Gasteiger partial charge in [0.25, 0.3) is 5.69 Å². The summed E-state index contributed by atoms with van der Waals surface area (Å²) in [7, 11) is 0. The molecule has 3 aromatic carbocycles. The van der Waals surface area contributed by atoms with Gasteiger partial charge in [-0.2, -0.15) is 0 Å². The lowest BCUT2D eigenvalue weighted by molar-refractivity contribution is -0.384. The Labute approximate surface area is 199 Å². The van der Waals surface area contributed by atoms with Gasteiger partial charge in [-0.25, -0.2) is 9.18 Å². The molecular weight excluding hydrogens is 457 g/mol. The molecule has 9 nitrogen and oxygen atoms in total. The second-order valence-corrected chi connectivity index (χ2v) is 7.85. The molecule has 0 saturated heterocycles. The molecule has 10 heteroatoms. The molecule has 3 N–H and O–H groups in total. The Morgan fingerprint density at radius 3 is 2.23 bits per heavy atom. The van der Waals surface area contributed by atoms with Gasteiger partial charge in [0.05, 0.1) is 16.4 Å². The number of hydrogen-bond acceptors (Lipinski definition) is 5. The zero-order chi connectivity index (χ0) is 25.7. The zero-order valence-electron chi connectivity index (χ0n) is 18.6. The standard InChI is InChI=1S/C25H22FN3O6/c1-15(28(25(32)33)14-16-7-3-2-4-8-16)22(24(27)31)18-12-11-17(29(34)35)13-20(18)23(30)19-9-5-6-10-21(19)26/h2-13,15,22H,14H2,1H3,(H2,27,31)(H,32,33). The summed E-state index contributed by atoms with van der Waals surface area (Å²) >= 11 is 0. The molecule has 0 bridgehead atoms. The number of ketones is 1. The van der Waals surface area contributed by atoms with E-state index < -0.39 is 46.2 Å². The zero-order valence-corrected chi connectivity index (χ0v) is 18.6. The van der Waals surface area contributed by atoms with Crippen LogP contribution in [0.15, 0.2) is 72.8 Å². The minimum absolute atomic E-state index is 0.0387. The van der Waals surface area contributed by atoms with Crippen molar-refractivity contribution < 1.29 is 28.8 Å². The molecular formula is C25H22FN3O6. The summed E-state index contributed by atoms with van der Waals surface area (Å²) < 4.78 is 14.4. The average Bonchev–Trinajstić information content (AvgIpc) is 2.82. The lowest BCUT2D eigenvalue weighted by Crippen LogP contribution is -2.45. The number of nitro groups is 1. The highest BCUT2D eigenvalue weighted by atomic mass is 19.1. The van der Waals surface area contributed by atoms with E-state index in [4.69, 9.17) is 5.73 Å². The first-order chi connectivity index (χ1) is 16.6. The van der Waals surface area contributed by atoms with Crippen molar-refractivity contribution in [2.75, 3.05) is 0 Å². The number of carboxylic acid groups (broad SMARTS) is 1. The highest BCUT2D eigenvalue weighted by Crippen LogP contribution is 2.32. The SMILES string of the molecule is CC(C(C(N)=O)c1ccc([N+](=O)[O-])cc1C(=O)c1ccccc1F)N(Cc1ccccc1)C(=O)O. The number of non-ortho nitro benzene ring substituents is 1. The van der Waals surface area contributed by atoms with Gasteiger partial charge in [0, 0.05) is 30.3 Å². The minimum atomic E-state index is -1.36. The van der Waals surface area contributed by atoms with Crippen LogP contribution < -0.4 is 5.73 Å². The number of carbonyl (C=O) groups excluding carboxylic acids is 2. The summed E-state index contributed by atoms with van der Waals surface area (Å²) in [6.45, 7) is 1.37. The van der Waals surface area contributed by atoms with E-state index in [0.29, 0.717) is 5.56 Å². The van der Waals surface area contributed by atoms with Gasteiger partial charge in [-0.05, 0) is 30.2 Å². The number of nitrogens with zero attached hydrogens (tertiary/aromatic N) is 2. The van der Waals surface area contributed by atoms with Crippen molar-refractivity contribution in [2.24, 2.45) is 5.73 Å². The molecule has 0 aliphatic heterocycles. The molecule has 3 rings (SSSR count). The highest BCUT2D eigenvalue weighted by Gasteiger charge is 2.36. The van der Waals surface area contributed by atoms with Crippen LogP contribution >= 0.6 is 0 Å². The second kappa shape index (κ2) is 10.6.